The van der Waals surface area contributed by atoms with E-state index in [2.05, 4.69) is 41.2 Å². The molecule has 1 aliphatic rings. The number of hydrogen-bond donors (Lipinski definition) is 2. The van der Waals surface area contributed by atoms with E-state index in [4.69, 9.17) is 4.74 Å². The second kappa shape index (κ2) is 8.29. The molecule has 0 saturated carbocycles. The number of nitrogens with zero attached hydrogens (tertiary/aromatic N) is 1. The van der Waals surface area contributed by atoms with Gasteiger partial charge in [-0.05, 0) is 81.2 Å². The van der Waals surface area contributed by atoms with Crippen LogP contribution in [-0.2, 0) is 0 Å². The van der Waals surface area contributed by atoms with Gasteiger partial charge in [0.25, 0.3) is 5.91 Å². The van der Waals surface area contributed by atoms with Gasteiger partial charge in [0.1, 0.15) is 5.75 Å². The van der Waals surface area contributed by atoms with Crippen LogP contribution in [0, 0.1) is 13.8 Å². The topological polar surface area (TPSA) is 57.4 Å². The van der Waals surface area contributed by atoms with Gasteiger partial charge in [-0.15, -0.1) is 0 Å². The molecule has 1 aromatic heterocycles. The number of aromatic amines is 1. The summed E-state index contributed by atoms with van der Waals surface area (Å²) >= 11 is 0. The maximum Gasteiger partial charge on any atom is 0.251 e. The molecular weight excluding hydrogens is 362 g/mol. The highest BCUT2D eigenvalue weighted by Gasteiger charge is 2.24. The minimum Gasteiger partial charge on any atom is -0.497 e. The average Bonchev–Trinajstić information content (AvgIpc) is 3.37. The first-order valence-electron chi connectivity index (χ1n) is 10.3. The van der Waals surface area contributed by atoms with E-state index in [0.29, 0.717) is 12.1 Å². The fraction of sp³-hybridized carbons (Fsp3) is 0.375. The predicted octanol–water partition coefficient (Wildman–Crippen LogP) is 4.36. The van der Waals surface area contributed by atoms with Crippen LogP contribution < -0.4 is 10.1 Å². The molecule has 1 atom stereocenters. The quantitative estimate of drug-likeness (QED) is 0.656. The van der Waals surface area contributed by atoms with Crippen LogP contribution in [0.15, 0.2) is 42.5 Å². The Kier molecular flexibility index (Phi) is 5.58. The first-order valence-corrected chi connectivity index (χ1v) is 10.3. The van der Waals surface area contributed by atoms with Gasteiger partial charge in [-0.1, -0.05) is 12.1 Å². The summed E-state index contributed by atoms with van der Waals surface area (Å²) in [5.74, 6) is 0.825. The summed E-state index contributed by atoms with van der Waals surface area (Å²) in [5, 5.41) is 4.28. The summed E-state index contributed by atoms with van der Waals surface area (Å²) in [6.07, 6.45) is 2.42. The third-order valence-electron chi connectivity index (χ3n) is 6.11. The molecule has 0 spiro atoms. The summed E-state index contributed by atoms with van der Waals surface area (Å²) < 4.78 is 5.29. The van der Waals surface area contributed by atoms with Gasteiger partial charge >= 0.3 is 0 Å². The number of nitrogens with one attached hydrogen (secondary N) is 2. The molecule has 29 heavy (non-hydrogen) atoms. The van der Waals surface area contributed by atoms with Gasteiger partial charge in [-0.3, -0.25) is 9.69 Å². The lowest BCUT2D eigenvalue weighted by Crippen LogP contribution is -2.36. The maximum absolute atomic E-state index is 12.9. The smallest absolute Gasteiger partial charge is 0.251 e. The Bertz CT molecular complexity index is 1000. The molecular formula is C24H29N3O2. The molecule has 0 aliphatic carbocycles. The standard InChI is InChI=1S/C24H29N3O2/c1-16-17(2)26-22-11-8-19(14-21(16)22)24(28)25-15-23(27-12-4-5-13-27)18-6-9-20(29-3)10-7-18/h6-11,14,23,26H,4-5,12-13,15H2,1-3H3,(H,25,28)/t23-/m1/s1. The van der Waals surface area contributed by atoms with Gasteiger partial charge in [-0.25, -0.2) is 0 Å². The molecule has 2 heterocycles. The number of likely N-dealkylation sites (tertiary alicyclic amines) is 1. The summed E-state index contributed by atoms with van der Waals surface area (Å²) in [6.45, 7) is 6.88. The number of fused-ring (bicyclic) bond motifs is 1. The lowest BCUT2D eigenvalue weighted by atomic mass is 10.0. The number of ether oxygens (including phenoxy) is 1. The third kappa shape index (κ3) is 4.01. The van der Waals surface area contributed by atoms with Gasteiger partial charge in [0.05, 0.1) is 13.2 Å². The molecule has 1 fully saturated rings. The molecule has 1 amide bonds. The molecule has 4 rings (SSSR count). The van der Waals surface area contributed by atoms with Gasteiger partial charge < -0.3 is 15.0 Å². The lowest BCUT2D eigenvalue weighted by molar-refractivity contribution is 0.0938. The highest BCUT2D eigenvalue weighted by atomic mass is 16.5. The number of hydrogen-bond acceptors (Lipinski definition) is 3. The Morgan fingerprint density at radius 1 is 1.14 bits per heavy atom. The molecule has 2 aromatic carbocycles. The Morgan fingerprint density at radius 2 is 1.86 bits per heavy atom. The van der Waals surface area contributed by atoms with Crippen LogP contribution in [0.5, 0.6) is 5.75 Å². The minimum atomic E-state index is -0.0251. The summed E-state index contributed by atoms with van der Waals surface area (Å²) in [4.78, 5) is 18.7. The van der Waals surface area contributed by atoms with Crippen LogP contribution in [-0.4, -0.2) is 42.5 Å². The fourth-order valence-electron chi connectivity index (χ4n) is 4.23. The molecule has 1 aliphatic heterocycles. The molecule has 3 aromatic rings. The Balaban J connectivity index is 1.51. The van der Waals surface area contributed by atoms with E-state index in [-0.39, 0.29) is 11.9 Å². The second-order valence-corrected chi connectivity index (χ2v) is 7.88. The van der Waals surface area contributed by atoms with E-state index in [0.717, 1.165) is 35.4 Å². The molecule has 0 bridgehead atoms. The van der Waals surface area contributed by atoms with Gasteiger partial charge in [-0.2, -0.15) is 0 Å². The first kappa shape index (κ1) is 19.5. The van der Waals surface area contributed by atoms with Crippen LogP contribution in [0.2, 0.25) is 0 Å². The molecule has 1 saturated heterocycles. The number of rotatable bonds is 6. The molecule has 0 unspecified atom stereocenters. The number of aryl methyl sites for hydroxylation is 2. The Hall–Kier alpha value is -2.79. The first-order chi connectivity index (χ1) is 14.1. The van der Waals surface area contributed by atoms with Crippen molar-refractivity contribution in [2.75, 3.05) is 26.7 Å². The van der Waals surface area contributed by atoms with E-state index < -0.39 is 0 Å². The summed E-state index contributed by atoms with van der Waals surface area (Å²) in [7, 11) is 1.68. The van der Waals surface area contributed by atoms with Crippen LogP contribution in [0.1, 0.15) is 46.1 Å². The van der Waals surface area contributed by atoms with Gasteiger partial charge in [0, 0.05) is 28.7 Å². The fourth-order valence-corrected chi connectivity index (χ4v) is 4.23. The van der Waals surface area contributed by atoms with Crippen molar-refractivity contribution in [2.45, 2.75) is 32.7 Å². The van der Waals surface area contributed by atoms with E-state index in [1.165, 1.54) is 24.0 Å². The Labute approximate surface area is 172 Å². The zero-order valence-corrected chi connectivity index (χ0v) is 17.4. The van der Waals surface area contributed by atoms with Crippen molar-refractivity contribution < 1.29 is 9.53 Å². The van der Waals surface area contributed by atoms with Gasteiger partial charge in [0.15, 0.2) is 0 Å². The second-order valence-electron chi connectivity index (χ2n) is 7.88. The van der Waals surface area contributed by atoms with Crippen molar-refractivity contribution in [1.82, 2.24) is 15.2 Å². The summed E-state index contributed by atoms with van der Waals surface area (Å²) in [6, 6.07) is 14.2. The van der Waals surface area contributed by atoms with Gasteiger partial charge in [0.2, 0.25) is 0 Å². The number of H-pyrrole nitrogens is 1. The zero-order valence-electron chi connectivity index (χ0n) is 17.4. The van der Waals surface area contributed by atoms with Crippen molar-refractivity contribution in [2.24, 2.45) is 0 Å². The SMILES string of the molecule is COc1ccc([C@@H](CNC(=O)c2ccc3[nH]c(C)c(C)c3c2)N2CCCC2)cc1. The highest BCUT2D eigenvalue weighted by Crippen LogP contribution is 2.27. The average molecular weight is 392 g/mol. The number of benzene rings is 2. The van der Waals surface area contributed by atoms with Crippen molar-refractivity contribution >= 4 is 16.8 Å². The van der Waals surface area contributed by atoms with Crippen LogP contribution in [0.25, 0.3) is 10.9 Å². The minimum absolute atomic E-state index is 0.0251. The predicted molar refractivity (Wildman–Crippen MR) is 117 cm³/mol. The van der Waals surface area contributed by atoms with E-state index >= 15 is 0 Å². The van der Waals surface area contributed by atoms with Crippen molar-refractivity contribution in [3.05, 3.63) is 64.8 Å². The lowest BCUT2D eigenvalue weighted by Gasteiger charge is -2.28. The number of amides is 1. The summed E-state index contributed by atoms with van der Waals surface area (Å²) in [5.41, 5.74) is 5.33. The van der Waals surface area contributed by atoms with E-state index in [1.807, 2.05) is 30.3 Å². The van der Waals surface area contributed by atoms with Crippen molar-refractivity contribution in [3.8, 4) is 5.75 Å². The van der Waals surface area contributed by atoms with E-state index in [1.54, 1.807) is 7.11 Å². The van der Waals surface area contributed by atoms with Crippen LogP contribution in [0.4, 0.5) is 0 Å². The number of aromatic nitrogens is 1. The molecule has 0 radical (unpaired) electrons. The van der Waals surface area contributed by atoms with Crippen molar-refractivity contribution in [3.63, 3.8) is 0 Å². The van der Waals surface area contributed by atoms with E-state index in [9.17, 15) is 4.79 Å². The van der Waals surface area contributed by atoms with Crippen molar-refractivity contribution in [1.29, 1.82) is 0 Å². The zero-order chi connectivity index (χ0) is 20.4. The monoisotopic (exact) mass is 391 g/mol. The number of methoxy groups -OCH3 is 1. The molecule has 5 nitrogen and oxygen atoms in total. The highest BCUT2D eigenvalue weighted by molar-refractivity contribution is 5.99. The largest absolute Gasteiger partial charge is 0.497 e. The molecule has 2 N–H and O–H groups in total. The normalized spacial score (nSPS) is 15.6. The number of carbonyl (C=O) groups excluding carboxylic acids is 1. The number of carbonyl (C=O) groups is 1. The van der Waals surface area contributed by atoms with Crippen LogP contribution >= 0.6 is 0 Å². The molecule has 152 valence electrons. The Morgan fingerprint density at radius 3 is 2.55 bits per heavy atom. The molecule has 5 heteroatoms. The maximum atomic E-state index is 12.9. The third-order valence-corrected chi connectivity index (χ3v) is 6.11. The van der Waals surface area contributed by atoms with Crippen LogP contribution in [0.3, 0.4) is 0 Å².